The SMILES string of the molecule is Cc1cccc(-c2ccc(C(=O)OCC(=O)N3CCCC3)c(=O)[nH]2)c1. The van der Waals surface area contributed by atoms with Crippen molar-refractivity contribution >= 4 is 11.9 Å². The molecule has 1 N–H and O–H groups in total. The molecule has 1 aromatic carbocycles. The van der Waals surface area contributed by atoms with E-state index in [1.54, 1.807) is 11.0 Å². The van der Waals surface area contributed by atoms with Crippen LogP contribution in [0.2, 0.25) is 0 Å². The number of nitrogens with zero attached hydrogens (tertiary/aromatic N) is 1. The lowest BCUT2D eigenvalue weighted by molar-refractivity contribution is -0.133. The average Bonchev–Trinajstić information content (AvgIpc) is 3.14. The lowest BCUT2D eigenvalue weighted by Crippen LogP contribution is -2.32. The zero-order valence-corrected chi connectivity index (χ0v) is 14.1. The van der Waals surface area contributed by atoms with Crippen LogP contribution in [-0.4, -0.2) is 41.5 Å². The van der Waals surface area contributed by atoms with Gasteiger partial charge in [0, 0.05) is 18.8 Å². The fourth-order valence-corrected chi connectivity index (χ4v) is 2.88. The van der Waals surface area contributed by atoms with Crippen molar-refractivity contribution in [1.29, 1.82) is 0 Å². The Balaban J connectivity index is 1.69. The first-order valence-corrected chi connectivity index (χ1v) is 8.30. The number of aromatic amines is 1. The summed E-state index contributed by atoms with van der Waals surface area (Å²) in [5.41, 5.74) is 1.92. The number of carbonyl (C=O) groups excluding carboxylic acids is 2. The Morgan fingerprint density at radius 2 is 1.92 bits per heavy atom. The van der Waals surface area contributed by atoms with Crippen molar-refractivity contribution in [3.8, 4) is 11.3 Å². The van der Waals surface area contributed by atoms with Gasteiger partial charge >= 0.3 is 5.97 Å². The van der Waals surface area contributed by atoms with Crippen molar-refractivity contribution in [1.82, 2.24) is 9.88 Å². The number of hydrogen-bond donors (Lipinski definition) is 1. The van der Waals surface area contributed by atoms with Gasteiger partial charge < -0.3 is 14.6 Å². The minimum absolute atomic E-state index is 0.106. The van der Waals surface area contributed by atoms with Crippen LogP contribution in [-0.2, 0) is 9.53 Å². The Kier molecular flexibility index (Phi) is 4.97. The van der Waals surface area contributed by atoms with Crippen LogP contribution in [0.1, 0.15) is 28.8 Å². The summed E-state index contributed by atoms with van der Waals surface area (Å²) in [6.45, 7) is 3.02. The summed E-state index contributed by atoms with van der Waals surface area (Å²) < 4.78 is 5.00. The summed E-state index contributed by atoms with van der Waals surface area (Å²) in [4.78, 5) is 40.5. The number of benzene rings is 1. The van der Waals surface area contributed by atoms with Gasteiger partial charge in [-0.15, -0.1) is 0 Å². The number of carbonyl (C=O) groups is 2. The first-order chi connectivity index (χ1) is 12.0. The zero-order valence-electron chi connectivity index (χ0n) is 14.1. The minimum atomic E-state index is -0.787. The van der Waals surface area contributed by atoms with Gasteiger partial charge in [-0.2, -0.15) is 0 Å². The summed E-state index contributed by atoms with van der Waals surface area (Å²) in [6.07, 6.45) is 1.94. The lowest BCUT2D eigenvalue weighted by atomic mass is 10.1. The van der Waals surface area contributed by atoms with Crippen molar-refractivity contribution < 1.29 is 14.3 Å². The Hall–Kier alpha value is -2.89. The highest BCUT2D eigenvalue weighted by molar-refractivity contribution is 5.91. The monoisotopic (exact) mass is 340 g/mol. The maximum absolute atomic E-state index is 12.2. The molecule has 6 nitrogen and oxygen atoms in total. The molecule has 25 heavy (non-hydrogen) atoms. The molecule has 1 fully saturated rings. The highest BCUT2D eigenvalue weighted by atomic mass is 16.5. The predicted molar refractivity (Wildman–Crippen MR) is 93.3 cm³/mol. The number of likely N-dealkylation sites (tertiary alicyclic amines) is 1. The number of amides is 1. The maximum atomic E-state index is 12.2. The summed E-state index contributed by atoms with van der Waals surface area (Å²) in [7, 11) is 0. The van der Waals surface area contributed by atoms with Gasteiger partial charge in [-0.05, 0) is 43.5 Å². The van der Waals surface area contributed by atoms with E-state index in [1.807, 2.05) is 31.2 Å². The summed E-state index contributed by atoms with van der Waals surface area (Å²) in [6, 6.07) is 10.8. The van der Waals surface area contributed by atoms with Gasteiger partial charge in [-0.3, -0.25) is 9.59 Å². The number of ether oxygens (including phenoxy) is 1. The lowest BCUT2D eigenvalue weighted by Gasteiger charge is -2.14. The van der Waals surface area contributed by atoms with E-state index in [2.05, 4.69) is 4.98 Å². The van der Waals surface area contributed by atoms with Crippen LogP contribution in [0.15, 0.2) is 41.2 Å². The van der Waals surface area contributed by atoms with Crippen molar-refractivity contribution in [3.05, 3.63) is 57.9 Å². The molecule has 0 bridgehead atoms. The smallest absolute Gasteiger partial charge is 0.344 e. The number of nitrogens with one attached hydrogen (secondary N) is 1. The molecule has 3 rings (SSSR count). The molecule has 1 amide bonds. The summed E-state index contributed by atoms with van der Waals surface area (Å²) in [5, 5.41) is 0. The molecule has 0 atom stereocenters. The van der Waals surface area contributed by atoms with Crippen LogP contribution in [0.25, 0.3) is 11.3 Å². The van der Waals surface area contributed by atoms with Crippen molar-refractivity contribution in [2.75, 3.05) is 19.7 Å². The fourth-order valence-electron chi connectivity index (χ4n) is 2.88. The van der Waals surface area contributed by atoms with Crippen LogP contribution in [0.3, 0.4) is 0 Å². The highest BCUT2D eigenvalue weighted by Gasteiger charge is 2.20. The molecule has 0 aliphatic carbocycles. The number of esters is 1. The molecule has 1 aliphatic heterocycles. The number of pyridine rings is 1. The third-order valence-corrected chi connectivity index (χ3v) is 4.24. The highest BCUT2D eigenvalue weighted by Crippen LogP contribution is 2.17. The molecule has 130 valence electrons. The van der Waals surface area contributed by atoms with E-state index in [1.165, 1.54) is 6.07 Å². The molecule has 0 saturated carbocycles. The second-order valence-corrected chi connectivity index (χ2v) is 6.15. The molecule has 2 heterocycles. The van der Waals surface area contributed by atoms with Gasteiger partial charge in [0.1, 0.15) is 5.56 Å². The molecule has 0 spiro atoms. The first kappa shape index (κ1) is 17.0. The van der Waals surface area contributed by atoms with Crippen LogP contribution < -0.4 is 5.56 Å². The molecular weight excluding hydrogens is 320 g/mol. The summed E-state index contributed by atoms with van der Waals surface area (Å²) >= 11 is 0. The average molecular weight is 340 g/mol. The molecular formula is C19H20N2O4. The second-order valence-electron chi connectivity index (χ2n) is 6.15. The fraction of sp³-hybridized carbons (Fsp3) is 0.316. The molecule has 1 saturated heterocycles. The number of hydrogen-bond acceptors (Lipinski definition) is 4. The number of aromatic nitrogens is 1. The van der Waals surface area contributed by atoms with Gasteiger partial charge in [0.2, 0.25) is 0 Å². The van der Waals surface area contributed by atoms with Crippen LogP contribution in [0.4, 0.5) is 0 Å². The Labute approximate surface area is 145 Å². The van der Waals surface area contributed by atoms with Crippen LogP contribution in [0.5, 0.6) is 0 Å². The number of H-pyrrole nitrogens is 1. The minimum Gasteiger partial charge on any atom is -0.452 e. The quantitative estimate of drug-likeness (QED) is 0.865. The molecule has 6 heteroatoms. The van der Waals surface area contributed by atoms with E-state index in [0.717, 1.165) is 24.0 Å². The van der Waals surface area contributed by atoms with Gasteiger partial charge in [0.25, 0.3) is 11.5 Å². The normalized spacial score (nSPS) is 13.7. The Bertz CT molecular complexity index is 850. The van der Waals surface area contributed by atoms with E-state index in [9.17, 15) is 14.4 Å². The van der Waals surface area contributed by atoms with Gasteiger partial charge in [0.05, 0.1) is 0 Å². The van der Waals surface area contributed by atoms with E-state index in [0.29, 0.717) is 18.8 Å². The second kappa shape index (κ2) is 7.34. The number of rotatable bonds is 4. The largest absolute Gasteiger partial charge is 0.452 e. The predicted octanol–water partition coefficient (Wildman–Crippen LogP) is 2.13. The first-order valence-electron chi connectivity index (χ1n) is 8.30. The van der Waals surface area contributed by atoms with E-state index in [-0.39, 0.29) is 18.1 Å². The standard InChI is InChI=1S/C19H20N2O4/c1-13-5-4-6-14(11-13)16-8-7-15(18(23)20-16)19(24)25-12-17(22)21-9-2-3-10-21/h4-8,11H,2-3,9-10,12H2,1H3,(H,20,23). The third kappa shape index (κ3) is 3.96. The van der Waals surface area contributed by atoms with Crippen LogP contribution >= 0.6 is 0 Å². The van der Waals surface area contributed by atoms with Crippen molar-refractivity contribution in [2.45, 2.75) is 19.8 Å². The Morgan fingerprint density at radius 1 is 1.16 bits per heavy atom. The molecule has 2 aromatic rings. The van der Waals surface area contributed by atoms with Crippen molar-refractivity contribution in [2.24, 2.45) is 0 Å². The van der Waals surface area contributed by atoms with Gasteiger partial charge in [0.15, 0.2) is 6.61 Å². The summed E-state index contributed by atoms with van der Waals surface area (Å²) in [5.74, 6) is -1.01. The molecule has 0 unspecified atom stereocenters. The molecule has 1 aliphatic rings. The topological polar surface area (TPSA) is 79.5 Å². The maximum Gasteiger partial charge on any atom is 0.344 e. The van der Waals surface area contributed by atoms with Gasteiger partial charge in [-0.25, -0.2) is 4.79 Å². The van der Waals surface area contributed by atoms with E-state index in [4.69, 9.17) is 4.74 Å². The Morgan fingerprint density at radius 3 is 2.60 bits per heavy atom. The third-order valence-electron chi connectivity index (χ3n) is 4.24. The van der Waals surface area contributed by atoms with Crippen LogP contribution in [0, 0.1) is 6.92 Å². The van der Waals surface area contributed by atoms with Crippen molar-refractivity contribution in [3.63, 3.8) is 0 Å². The van der Waals surface area contributed by atoms with Gasteiger partial charge in [-0.1, -0.05) is 23.8 Å². The number of aryl methyl sites for hydroxylation is 1. The van der Waals surface area contributed by atoms with E-state index >= 15 is 0 Å². The van der Waals surface area contributed by atoms with E-state index < -0.39 is 11.5 Å². The zero-order chi connectivity index (χ0) is 17.8. The molecule has 0 radical (unpaired) electrons. The molecule has 1 aromatic heterocycles.